The van der Waals surface area contributed by atoms with Crippen molar-refractivity contribution in [3.63, 3.8) is 0 Å². The molecule has 1 atom stereocenters. The molecule has 1 saturated heterocycles. The van der Waals surface area contributed by atoms with Crippen molar-refractivity contribution < 1.29 is 19.1 Å². The Morgan fingerprint density at radius 2 is 1.68 bits per heavy atom. The van der Waals surface area contributed by atoms with Gasteiger partial charge in [0.05, 0.1) is 11.7 Å². The first kappa shape index (κ1) is 15.8. The van der Waals surface area contributed by atoms with E-state index in [-0.39, 0.29) is 23.2 Å². The molecule has 1 fully saturated rings. The molecule has 0 saturated carbocycles. The van der Waals surface area contributed by atoms with Gasteiger partial charge in [-0.05, 0) is 36.6 Å². The molecule has 0 amide bonds. The second-order valence-corrected chi connectivity index (χ2v) is 6.28. The molecule has 0 N–H and O–H groups in total. The van der Waals surface area contributed by atoms with E-state index < -0.39 is 0 Å². The monoisotopic (exact) mass is 334 g/mol. The predicted octanol–water partition coefficient (Wildman–Crippen LogP) is 3.71. The van der Waals surface area contributed by atoms with E-state index >= 15 is 0 Å². The largest absolute Gasteiger partial charge is 0.491 e. The van der Waals surface area contributed by atoms with E-state index in [0.717, 1.165) is 30.8 Å². The van der Waals surface area contributed by atoms with Crippen LogP contribution in [0.1, 0.15) is 39.1 Å². The Hall–Kier alpha value is -2.72. The quantitative estimate of drug-likeness (QED) is 0.632. The van der Waals surface area contributed by atoms with Crippen molar-refractivity contribution in [1.29, 1.82) is 0 Å². The Bertz CT molecular complexity index is 805. The molecule has 0 bridgehead atoms. The molecule has 0 spiro atoms. The van der Waals surface area contributed by atoms with Gasteiger partial charge >= 0.3 is 0 Å². The molecule has 4 heteroatoms. The van der Waals surface area contributed by atoms with Gasteiger partial charge in [0.15, 0.2) is 11.6 Å². The maximum absolute atomic E-state index is 12.4. The van der Waals surface area contributed by atoms with Gasteiger partial charge in [0.2, 0.25) is 0 Å². The molecule has 25 heavy (non-hydrogen) atoms. The molecule has 2 aromatic rings. The average molecular weight is 334 g/mol. The fourth-order valence-electron chi connectivity index (χ4n) is 3.20. The normalized spacial score (nSPS) is 19.2. The molecule has 0 aromatic heterocycles. The van der Waals surface area contributed by atoms with Crippen LogP contribution in [-0.4, -0.2) is 30.9 Å². The van der Waals surface area contributed by atoms with Crippen LogP contribution in [0.4, 0.5) is 0 Å². The van der Waals surface area contributed by atoms with E-state index in [1.165, 1.54) is 0 Å². The fourth-order valence-corrected chi connectivity index (χ4v) is 3.20. The van der Waals surface area contributed by atoms with Gasteiger partial charge in [-0.25, -0.2) is 0 Å². The summed E-state index contributed by atoms with van der Waals surface area (Å²) in [5, 5.41) is 0. The van der Waals surface area contributed by atoms with Crippen LogP contribution in [0.25, 0.3) is 6.08 Å². The SMILES string of the molecule is O=C1C(=Cc2ccc(OC[C@@H]3CCCO3)cc2)C(=O)c2ccccc21. The van der Waals surface area contributed by atoms with Gasteiger partial charge in [-0.15, -0.1) is 0 Å². The summed E-state index contributed by atoms with van der Waals surface area (Å²) in [5.74, 6) is 0.337. The number of hydrogen-bond acceptors (Lipinski definition) is 4. The molecule has 1 aliphatic heterocycles. The zero-order valence-electron chi connectivity index (χ0n) is 13.7. The van der Waals surface area contributed by atoms with Crippen LogP contribution >= 0.6 is 0 Å². The highest BCUT2D eigenvalue weighted by molar-refractivity contribution is 6.41. The van der Waals surface area contributed by atoms with Gasteiger partial charge in [-0.2, -0.15) is 0 Å². The lowest BCUT2D eigenvalue weighted by Crippen LogP contribution is -2.16. The van der Waals surface area contributed by atoms with Crippen molar-refractivity contribution in [3.05, 3.63) is 70.8 Å². The van der Waals surface area contributed by atoms with Crippen molar-refractivity contribution in [2.45, 2.75) is 18.9 Å². The third-order valence-electron chi connectivity index (χ3n) is 4.56. The topological polar surface area (TPSA) is 52.6 Å². The number of fused-ring (bicyclic) bond motifs is 1. The molecule has 1 aliphatic carbocycles. The Kier molecular flexibility index (Phi) is 4.20. The number of allylic oxidation sites excluding steroid dienone is 1. The summed E-state index contributed by atoms with van der Waals surface area (Å²) in [7, 11) is 0. The number of Topliss-reactive ketones (excluding diaryl/α,β-unsaturated/α-hetero) is 2. The van der Waals surface area contributed by atoms with Crippen LogP contribution in [0.5, 0.6) is 5.75 Å². The standard InChI is InChI=1S/C21H18O4/c22-20-17-5-1-2-6-18(17)21(23)19(20)12-14-7-9-15(10-8-14)25-13-16-4-3-11-24-16/h1-2,5-10,12,16H,3-4,11,13H2/t16-/m0/s1. The van der Waals surface area contributed by atoms with Crippen LogP contribution in [0.3, 0.4) is 0 Å². The van der Waals surface area contributed by atoms with Crippen LogP contribution in [0, 0.1) is 0 Å². The first-order valence-corrected chi connectivity index (χ1v) is 8.47. The summed E-state index contributed by atoms with van der Waals surface area (Å²) >= 11 is 0. The minimum Gasteiger partial charge on any atom is -0.491 e. The van der Waals surface area contributed by atoms with Crippen LogP contribution in [-0.2, 0) is 4.74 Å². The van der Waals surface area contributed by atoms with Crippen molar-refractivity contribution in [1.82, 2.24) is 0 Å². The fraction of sp³-hybridized carbons (Fsp3) is 0.238. The number of ether oxygens (including phenoxy) is 2. The first-order chi connectivity index (χ1) is 12.2. The summed E-state index contributed by atoms with van der Waals surface area (Å²) in [6, 6.07) is 14.3. The minimum atomic E-state index is -0.209. The smallest absolute Gasteiger partial charge is 0.197 e. The zero-order chi connectivity index (χ0) is 17.2. The number of hydrogen-bond donors (Lipinski definition) is 0. The number of benzene rings is 2. The second-order valence-electron chi connectivity index (χ2n) is 6.28. The summed E-state index contributed by atoms with van der Waals surface area (Å²) in [6.07, 6.45) is 3.95. The summed E-state index contributed by atoms with van der Waals surface area (Å²) in [4.78, 5) is 24.8. The van der Waals surface area contributed by atoms with E-state index in [1.54, 1.807) is 30.3 Å². The Balaban J connectivity index is 1.48. The maximum Gasteiger partial charge on any atom is 0.197 e. The summed E-state index contributed by atoms with van der Waals surface area (Å²) < 4.78 is 11.3. The van der Waals surface area contributed by atoms with Crippen molar-refractivity contribution in [3.8, 4) is 5.75 Å². The first-order valence-electron chi connectivity index (χ1n) is 8.47. The third-order valence-corrected chi connectivity index (χ3v) is 4.56. The Labute approximate surface area is 146 Å². The third kappa shape index (κ3) is 3.13. The van der Waals surface area contributed by atoms with E-state index in [2.05, 4.69) is 0 Å². The highest BCUT2D eigenvalue weighted by Gasteiger charge is 2.32. The molecule has 2 aromatic carbocycles. The summed E-state index contributed by atoms with van der Waals surface area (Å²) in [5.41, 5.74) is 1.98. The maximum atomic E-state index is 12.4. The van der Waals surface area contributed by atoms with Gasteiger partial charge in [-0.1, -0.05) is 36.4 Å². The molecule has 4 rings (SSSR count). The lowest BCUT2D eigenvalue weighted by atomic mass is 10.1. The molecular weight excluding hydrogens is 316 g/mol. The van der Waals surface area contributed by atoms with Gasteiger partial charge < -0.3 is 9.47 Å². The lowest BCUT2D eigenvalue weighted by Gasteiger charge is -2.11. The Morgan fingerprint density at radius 3 is 2.28 bits per heavy atom. The molecule has 4 nitrogen and oxygen atoms in total. The van der Waals surface area contributed by atoms with Gasteiger partial charge in [0, 0.05) is 17.7 Å². The molecule has 126 valence electrons. The number of carbonyl (C=O) groups is 2. The van der Waals surface area contributed by atoms with Crippen molar-refractivity contribution in [2.75, 3.05) is 13.2 Å². The van der Waals surface area contributed by atoms with Crippen LogP contribution in [0.15, 0.2) is 54.1 Å². The predicted molar refractivity (Wildman–Crippen MR) is 94.0 cm³/mol. The van der Waals surface area contributed by atoms with Crippen molar-refractivity contribution >= 4 is 17.6 Å². The number of rotatable bonds is 4. The highest BCUT2D eigenvalue weighted by atomic mass is 16.5. The zero-order valence-corrected chi connectivity index (χ0v) is 13.7. The van der Waals surface area contributed by atoms with Crippen molar-refractivity contribution in [2.24, 2.45) is 0 Å². The molecular formula is C21H18O4. The van der Waals surface area contributed by atoms with E-state index in [9.17, 15) is 9.59 Å². The van der Waals surface area contributed by atoms with Crippen LogP contribution in [0.2, 0.25) is 0 Å². The minimum absolute atomic E-state index is 0.175. The van der Waals surface area contributed by atoms with Crippen LogP contribution < -0.4 is 4.74 Å². The number of carbonyl (C=O) groups excluding carboxylic acids is 2. The van der Waals surface area contributed by atoms with Gasteiger partial charge in [0.25, 0.3) is 0 Å². The van der Waals surface area contributed by atoms with Gasteiger partial charge in [0.1, 0.15) is 12.4 Å². The molecule has 0 radical (unpaired) electrons. The van der Waals surface area contributed by atoms with E-state index in [0.29, 0.717) is 17.7 Å². The Morgan fingerprint density at radius 1 is 1.00 bits per heavy atom. The molecule has 2 aliphatic rings. The number of ketones is 2. The highest BCUT2D eigenvalue weighted by Crippen LogP contribution is 2.28. The lowest BCUT2D eigenvalue weighted by molar-refractivity contribution is 0.0679. The summed E-state index contributed by atoms with van der Waals surface area (Å²) in [6.45, 7) is 1.36. The molecule has 0 unspecified atom stereocenters. The average Bonchev–Trinajstić information content (AvgIpc) is 3.25. The second kappa shape index (κ2) is 6.65. The van der Waals surface area contributed by atoms with Gasteiger partial charge in [-0.3, -0.25) is 9.59 Å². The molecule has 1 heterocycles. The van der Waals surface area contributed by atoms with E-state index in [1.807, 2.05) is 24.3 Å². The van der Waals surface area contributed by atoms with E-state index in [4.69, 9.17) is 9.47 Å².